The van der Waals surface area contributed by atoms with E-state index in [4.69, 9.17) is 9.47 Å². The van der Waals surface area contributed by atoms with Gasteiger partial charge in [-0.25, -0.2) is 5.43 Å². The SMILES string of the molecule is CCOc1ccc(Oc2c(C=NNC(=O)c3ccc(Br)cc3)c(C)nn2-c2ccccc2)cc1. The van der Waals surface area contributed by atoms with E-state index in [9.17, 15) is 4.79 Å². The zero-order valence-electron chi connectivity index (χ0n) is 18.7. The summed E-state index contributed by atoms with van der Waals surface area (Å²) in [5.74, 6) is 1.55. The van der Waals surface area contributed by atoms with E-state index in [1.165, 1.54) is 0 Å². The van der Waals surface area contributed by atoms with Crippen molar-refractivity contribution in [1.82, 2.24) is 15.2 Å². The molecule has 0 aliphatic rings. The van der Waals surface area contributed by atoms with Crippen molar-refractivity contribution in [3.8, 4) is 23.1 Å². The molecule has 3 aromatic carbocycles. The van der Waals surface area contributed by atoms with E-state index in [1.54, 1.807) is 35.2 Å². The molecule has 1 heterocycles. The van der Waals surface area contributed by atoms with Crippen molar-refractivity contribution in [2.45, 2.75) is 13.8 Å². The molecule has 0 aliphatic heterocycles. The van der Waals surface area contributed by atoms with Crippen LogP contribution in [0.15, 0.2) is 88.4 Å². The summed E-state index contributed by atoms with van der Waals surface area (Å²) in [6.07, 6.45) is 1.54. The molecule has 0 unspecified atom stereocenters. The number of aromatic nitrogens is 2. The lowest BCUT2D eigenvalue weighted by Crippen LogP contribution is -2.17. The zero-order chi connectivity index (χ0) is 23.9. The first-order chi connectivity index (χ1) is 16.5. The number of hydrogen-bond acceptors (Lipinski definition) is 5. The molecule has 1 N–H and O–H groups in total. The fourth-order valence-electron chi connectivity index (χ4n) is 3.21. The molecule has 8 heteroatoms. The highest BCUT2D eigenvalue weighted by Crippen LogP contribution is 2.30. The smallest absolute Gasteiger partial charge is 0.271 e. The van der Waals surface area contributed by atoms with Crippen LogP contribution in [-0.2, 0) is 0 Å². The van der Waals surface area contributed by atoms with E-state index < -0.39 is 0 Å². The van der Waals surface area contributed by atoms with Gasteiger partial charge in [0, 0.05) is 10.0 Å². The lowest BCUT2D eigenvalue weighted by atomic mass is 10.2. The van der Waals surface area contributed by atoms with E-state index in [1.807, 2.05) is 68.4 Å². The number of nitrogens with zero attached hydrogens (tertiary/aromatic N) is 3. The summed E-state index contributed by atoms with van der Waals surface area (Å²) in [7, 11) is 0. The average molecular weight is 519 g/mol. The maximum atomic E-state index is 12.4. The van der Waals surface area contributed by atoms with Crippen LogP contribution in [0.2, 0.25) is 0 Å². The minimum atomic E-state index is -0.314. The molecular weight excluding hydrogens is 496 g/mol. The molecular formula is C26H23BrN4O3. The third kappa shape index (κ3) is 5.52. The third-order valence-corrected chi connectivity index (χ3v) is 5.41. The molecule has 0 spiro atoms. The van der Waals surface area contributed by atoms with Crippen LogP contribution in [0.5, 0.6) is 17.4 Å². The lowest BCUT2D eigenvalue weighted by Gasteiger charge is -2.11. The van der Waals surface area contributed by atoms with Crippen LogP contribution in [0.4, 0.5) is 0 Å². The van der Waals surface area contributed by atoms with Gasteiger partial charge in [0.2, 0.25) is 5.88 Å². The minimum Gasteiger partial charge on any atom is -0.494 e. The molecule has 0 radical (unpaired) electrons. The monoisotopic (exact) mass is 518 g/mol. The molecule has 0 bridgehead atoms. The third-order valence-electron chi connectivity index (χ3n) is 4.88. The van der Waals surface area contributed by atoms with Gasteiger partial charge in [-0.15, -0.1) is 0 Å². The Bertz CT molecular complexity index is 1280. The second kappa shape index (κ2) is 10.8. The molecule has 34 heavy (non-hydrogen) atoms. The Labute approximate surface area is 206 Å². The minimum absolute atomic E-state index is 0.314. The van der Waals surface area contributed by atoms with Crippen LogP contribution in [0.3, 0.4) is 0 Å². The summed E-state index contributed by atoms with van der Waals surface area (Å²) < 4.78 is 14.4. The van der Waals surface area contributed by atoms with Crippen LogP contribution < -0.4 is 14.9 Å². The maximum absolute atomic E-state index is 12.4. The molecule has 0 fully saturated rings. The van der Waals surface area contributed by atoms with Crippen molar-refractivity contribution >= 4 is 28.1 Å². The molecule has 4 aromatic rings. The van der Waals surface area contributed by atoms with Crippen molar-refractivity contribution in [3.05, 3.63) is 100 Å². The number of carbonyl (C=O) groups is 1. The number of rotatable bonds is 8. The number of hydrazone groups is 1. The number of ether oxygens (including phenoxy) is 2. The largest absolute Gasteiger partial charge is 0.494 e. The number of benzene rings is 3. The molecule has 0 aliphatic carbocycles. The molecule has 172 valence electrons. The summed E-state index contributed by atoms with van der Waals surface area (Å²) in [5, 5.41) is 8.81. The van der Waals surface area contributed by atoms with Gasteiger partial charge >= 0.3 is 0 Å². The Morgan fingerprint density at radius 3 is 2.38 bits per heavy atom. The maximum Gasteiger partial charge on any atom is 0.271 e. The van der Waals surface area contributed by atoms with Gasteiger partial charge in [-0.2, -0.15) is 14.9 Å². The summed E-state index contributed by atoms with van der Waals surface area (Å²) in [6.45, 7) is 4.39. The van der Waals surface area contributed by atoms with Gasteiger partial charge in [0.05, 0.1) is 29.8 Å². The quantitative estimate of drug-likeness (QED) is 0.232. The lowest BCUT2D eigenvalue weighted by molar-refractivity contribution is 0.0955. The van der Waals surface area contributed by atoms with Crippen LogP contribution >= 0.6 is 15.9 Å². The van der Waals surface area contributed by atoms with Crippen LogP contribution in [0.1, 0.15) is 28.5 Å². The molecule has 0 saturated carbocycles. The first-order valence-electron chi connectivity index (χ1n) is 10.7. The summed E-state index contributed by atoms with van der Waals surface area (Å²) in [6, 6.07) is 24.1. The number of nitrogens with one attached hydrogen (secondary N) is 1. The first kappa shape index (κ1) is 23.3. The number of para-hydroxylation sites is 1. The number of hydrogen-bond donors (Lipinski definition) is 1. The predicted octanol–water partition coefficient (Wildman–Crippen LogP) is 5.90. The number of carbonyl (C=O) groups excluding carboxylic acids is 1. The highest BCUT2D eigenvalue weighted by Gasteiger charge is 2.18. The highest BCUT2D eigenvalue weighted by molar-refractivity contribution is 9.10. The fourth-order valence-corrected chi connectivity index (χ4v) is 3.48. The predicted molar refractivity (Wildman–Crippen MR) is 135 cm³/mol. The second-order valence-electron chi connectivity index (χ2n) is 7.26. The molecule has 0 atom stereocenters. The van der Waals surface area contributed by atoms with Crippen molar-refractivity contribution in [3.63, 3.8) is 0 Å². The Morgan fingerprint density at radius 2 is 1.71 bits per heavy atom. The Kier molecular flexibility index (Phi) is 7.39. The number of amides is 1. The fraction of sp³-hybridized carbons (Fsp3) is 0.115. The van der Waals surface area contributed by atoms with E-state index >= 15 is 0 Å². The Hall–Kier alpha value is -3.91. The number of halogens is 1. The average Bonchev–Trinajstić information content (AvgIpc) is 3.16. The van der Waals surface area contributed by atoms with Gasteiger partial charge in [0.25, 0.3) is 5.91 Å². The molecule has 1 amide bonds. The second-order valence-corrected chi connectivity index (χ2v) is 8.18. The van der Waals surface area contributed by atoms with Crippen LogP contribution in [0.25, 0.3) is 5.69 Å². The van der Waals surface area contributed by atoms with Gasteiger partial charge in [-0.3, -0.25) is 4.79 Å². The summed E-state index contributed by atoms with van der Waals surface area (Å²) in [5.41, 5.74) is 5.25. The van der Waals surface area contributed by atoms with E-state index in [0.29, 0.717) is 35.1 Å². The Balaban J connectivity index is 1.63. The standard InChI is InChI=1S/C26H23BrN4O3/c1-3-33-22-13-15-23(16-14-22)34-26-24(18(2)30-31(26)21-7-5-4-6-8-21)17-28-29-25(32)19-9-11-20(27)12-10-19/h4-17H,3H2,1-2H3,(H,29,32). The van der Waals surface area contributed by atoms with Crippen molar-refractivity contribution < 1.29 is 14.3 Å². The van der Waals surface area contributed by atoms with E-state index in [-0.39, 0.29) is 5.91 Å². The van der Waals surface area contributed by atoms with Crippen LogP contribution in [0, 0.1) is 6.92 Å². The Morgan fingerprint density at radius 1 is 1.03 bits per heavy atom. The topological polar surface area (TPSA) is 77.7 Å². The first-order valence-corrected chi connectivity index (χ1v) is 11.5. The van der Waals surface area contributed by atoms with E-state index in [2.05, 4.69) is 31.6 Å². The molecule has 4 rings (SSSR count). The van der Waals surface area contributed by atoms with Crippen molar-refractivity contribution in [1.29, 1.82) is 0 Å². The molecule has 0 saturated heterocycles. The molecule has 7 nitrogen and oxygen atoms in total. The van der Waals surface area contributed by atoms with Crippen molar-refractivity contribution in [2.24, 2.45) is 5.10 Å². The van der Waals surface area contributed by atoms with Gasteiger partial charge in [-0.1, -0.05) is 34.1 Å². The van der Waals surface area contributed by atoms with Crippen molar-refractivity contribution in [2.75, 3.05) is 6.61 Å². The van der Waals surface area contributed by atoms with E-state index in [0.717, 1.165) is 15.9 Å². The zero-order valence-corrected chi connectivity index (χ0v) is 20.3. The summed E-state index contributed by atoms with van der Waals surface area (Å²) in [4.78, 5) is 12.4. The van der Waals surface area contributed by atoms with Gasteiger partial charge in [-0.05, 0) is 74.5 Å². The van der Waals surface area contributed by atoms with Crippen LogP contribution in [-0.4, -0.2) is 28.5 Å². The highest BCUT2D eigenvalue weighted by atomic mass is 79.9. The van der Waals surface area contributed by atoms with Gasteiger partial charge < -0.3 is 9.47 Å². The normalized spacial score (nSPS) is 10.9. The molecule has 1 aromatic heterocycles. The van der Waals surface area contributed by atoms with Gasteiger partial charge in [0.15, 0.2) is 0 Å². The number of aryl methyl sites for hydroxylation is 1. The summed E-state index contributed by atoms with van der Waals surface area (Å²) >= 11 is 3.36. The van der Waals surface area contributed by atoms with Gasteiger partial charge in [0.1, 0.15) is 11.5 Å².